The van der Waals surface area contributed by atoms with Crippen LogP contribution in [0.1, 0.15) is 20.8 Å². The zero-order chi connectivity index (χ0) is 8.88. The first kappa shape index (κ1) is 7.23. The lowest BCUT2D eigenvalue weighted by molar-refractivity contribution is 0.0691. The second-order valence-electron chi connectivity index (χ2n) is 2.44. The van der Waals surface area contributed by atoms with E-state index in [4.69, 9.17) is 5.73 Å². The minimum absolute atomic E-state index is 0.185. The van der Waals surface area contributed by atoms with Gasteiger partial charge < -0.3 is 5.73 Å². The monoisotopic (exact) mass is 183 g/mol. The Labute approximate surface area is 71.9 Å². The number of hydrogen-bond donors (Lipinski definition) is 1. The van der Waals surface area contributed by atoms with Gasteiger partial charge in [0.1, 0.15) is 10.6 Å². The number of nitrogens with zero attached hydrogens (tertiary/aromatic N) is 2. The Morgan fingerprint density at radius 2 is 2.08 bits per heavy atom. The van der Waals surface area contributed by atoms with Crippen LogP contribution in [0.25, 0.3) is 0 Å². The number of carbonyl (C=O) groups excluding carboxylic acids is 2. The van der Waals surface area contributed by atoms with E-state index in [2.05, 4.69) is 4.37 Å². The average molecular weight is 183 g/mol. The lowest BCUT2D eigenvalue weighted by Crippen LogP contribution is -2.25. The number of nitrogens with two attached hydrogens (primary N) is 1. The normalized spacial score (nSPS) is 15.6. The van der Waals surface area contributed by atoms with Gasteiger partial charge >= 0.3 is 0 Å². The molecule has 0 atom stereocenters. The topological polar surface area (TPSA) is 76.3 Å². The molecule has 0 aromatic carbocycles. The van der Waals surface area contributed by atoms with Crippen LogP contribution in [0.2, 0.25) is 0 Å². The zero-order valence-electron chi connectivity index (χ0n) is 6.20. The minimum Gasteiger partial charge on any atom is -0.389 e. The van der Waals surface area contributed by atoms with Crippen LogP contribution in [-0.4, -0.2) is 28.1 Å². The second kappa shape index (κ2) is 2.04. The van der Waals surface area contributed by atoms with Gasteiger partial charge in [0.2, 0.25) is 0 Å². The maximum atomic E-state index is 11.3. The van der Waals surface area contributed by atoms with E-state index in [9.17, 15) is 9.59 Å². The SMILES string of the molecule is CN1C(=O)c2nsc(N)c2C1=O. The predicted molar refractivity (Wildman–Crippen MR) is 43.0 cm³/mol. The van der Waals surface area contributed by atoms with Crippen molar-refractivity contribution in [2.24, 2.45) is 0 Å². The first-order valence-corrected chi connectivity index (χ1v) is 3.98. The number of hydrogen-bond acceptors (Lipinski definition) is 5. The fraction of sp³-hybridized carbons (Fsp3) is 0.167. The van der Waals surface area contributed by atoms with Gasteiger partial charge in [-0.15, -0.1) is 0 Å². The number of aromatic nitrogens is 1. The van der Waals surface area contributed by atoms with Gasteiger partial charge in [-0.05, 0) is 11.5 Å². The van der Waals surface area contributed by atoms with Crippen molar-refractivity contribution in [1.29, 1.82) is 0 Å². The third kappa shape index (κ3) is 0.646. The highest BCUT2D eigenvalue weighted by Gasteiger charge is 2.37. The van der Waals surface area contributed by atoms with Crippen molar-refractivity contribution in [2.75, 3.05) is 12.8 Å². The Kier molecular flexibility index (Phi) is 1.23. The first-order valence-electron chi connectivity index (χ1n) is 3.20. The summed E-state index contributed by atoms with van der Waals surface area (Å²) >= 11 is 0.976. The van der Waals surface area contributed by atoms with Crippen LogP contribution in [0.4, 0.5) is 5.00 Å². The zero-order valence-corrected chi connectivity index (χ0v) is 7.01. The molecule has 0 bridgehead atoms. The van der Waals surface area contributed by atoms with Gasteiger partial charge in [0.15, 0.2) is 5.69 Å². The number of fused-ring (bicyclic) bond motifs is 1. The third-order valence-electron chi connectivity index (χ3n) is 1.74. The molecule has 6 heteroatoms. The number of carbonyl (C=O) groups is 2. The van der Waals surface area contributed by atoms with E-state index >= 15 is 0 Å². The molecule has 0 spiro atoms. The van der Waals surface area contributed by atoms with E-state index in [0.29, 0.717) is 5.00 Å². The summed E-state index contributed by atoms with van der Waals surface area (Å²) in [4.78, 5) is 23.5. The molecule has 2 rings (SSSR count). The predicted octanol–water partition coefficient (Wildman–Crippen LogP) is -0.0489. The van der Waals surface area contributed by atoms with Crippen molar-refractivity contribution in [2.45, 2.75) is 0 Å². The Morgan fingerprint density at radius 3 is 2.67 bits per heavy atom. The maximum Gasteiger partial charge on any atom is 0.281 e. The van der Waals surface area contributed by atoms with E-state index in [-0.39, 0.29) is 23.1 Å². The van der Waals surface area contributed by atoms with Crippen molar-refractivity contribution in [3.05, 3.63) is 11.3 Å². The lowest BCUT2D eigenvalue weighted by Gasteiger charge is -2.03. The largest absolute Gasteiger partial charge is 0.389 e. The molecule has 5 nitrogen and oxygen atoms in total. The summed E-state index contributed by atoms with van der Waals surface area (Å²) in [6.45, 7) is 0. The summed E-state index contributed by atoms with van der Waals surface area (Å²) in [6.07, 6.45) is 0. The Morgan fingerprint density at radius 1 is 1.42 bits per heavy atom. The number of nitrogen functional groups attached to an aromatic ring is 1. The minimum atomic E-state index is -0.372. The molecule has 0 fully saturated rings. The van der Waals surface area contributed by atoms with Crippen LogP contribution >= 0.6 is 11.5 Å². The number of amides is 2. The van der Waals surface area contributed by atoms with Gasteiger partial charge in [-0.1, -0.05) is 0 Å². The molecule has 0 aliphatic carbocycles. The van der Waals surface area contributed by atoms with Gasteiger partial charge in [-0.2, -0.15) is 4.37 Å². The van der Waals surface area contributed by atoms with Crippen molar-refractivity contribution in [3.8, 4) is 0 Å². The molecule has 0 saturated carbocycles. The number of anilines is 1. The molecule has 0 saturated heterocycles. The molecular weight excluding hydrogens is 178 g/mol. The van der Waals surface area contributed by atoms with Gasteiger partial charge in [-0.25, -0.2) is 0 Å². The highest BCUT2D eigenvalue weighted by atomic mass is 32.1. The van der Waals surface area contributed by atoms with Gasteiger partial charge in [0, 0.05) is 7.05 Å². The summed E-state index contributed by atoms with van der Waals surface area (Å²) in [5, 5.41) is 0.313. The van der Waals surface area contributed by atoms with Crippen molar-refractivity contribution in [1.82, 2.24) is 9.27 Å². The highest BCUT2D eigenvalue weighted by Crippen LogP contribution is 2.28. The summed E-state index contributed by atoms with van der Waals surface area (Å²) in [5.74, 6) is -0.732. The molecule has 62 valence electrons. The quantitative estimate of drug-likeness (QED) is 0.572. The Bertz CT molecular complexity index is 384. The smallest absolute Gasteiger partial charge is 0.281 e. The second-order valence-corrected chi connectivity index (χ2v) is 3.24. The molecule has 2 heterocycles. The van der Waals surface area contributed by atoms with Gasteiger partial charge in [-0.3, -0.25) is 14.5 Å². The number of imide groups is 1. The van der Waals surface area contributed by atoms with E-state index in [1.807, 2.05) is 0 Å². The molecule has 1 aliphatic rings. The molecule has 2 amide bonds. The fourth-order valence-electron chi connectivity index (χ4n) is 1.07. The van der Waals surface area contributed by atoms with Gasteiger partial charge in [0.05, 0.1) is 0 Å². The maximum absolute atomic E-state index is 11.3. The van der Waals surface area contributed by atoms with E-state index in [1.54, 1.807) is 0 Å². The van der Waals surface area contributed by atoms with E-state index < -0.39 is 0 Å². The molecule has 0 unspecified atom stereocenters. The van der Waals surface area contributed by atoms with Crippen molar-refractivity contribution >= 4 is 28.3 Å². The lowest BCUT2D eigenvalue weighted by atomic mass is 10.3. The van der Waals surface area contributed by atoms with Crippen LogP contribution < -0.4 is 5.73 Å². The van der Waals surface area contributed by atoms with Crippen molar-refractivity contribution in [3.63, 3.8) is 0 Å². The molecule has 1 aromatic heterocycles. The molecule has 0 radical (unpaired) electrons. The highest BCUT2D eigenvalue weighted by molar-refractivity contribution is 7.10. The van der Waals surface area contributed by atoms with Crippen LogP contribution in [-0.2, 0) is 0 Å². The molecule has 12 heavy (non-hydrogen) atoms. The molecule has 1 aliphatic heterocycles. The third-order valence-corrected chi connectivity index (χ3v) is 2.42. The molecule has 2 N–H and O–H groups in total. The first-order chi connectivity index (χ1) is 5.63. The van der Waals surface area contributed by atoms with Crippen LogP contribution in [0.3, 0.4) is 0 Å². The Balaban J connectivity index is 2.69. The number of rotatable bonds is 0. The van der Waals surface area contributed by atoms with Gasteiger partial charge in [0.25, 0.3) is 11.8 Å². The van der Waals surface area contributed by atoms with E-state index in [0.717, 1.165) is 16.4 Å². The summed E-state index contributed by atoms with van der Waals surface area (Å²) in [7, 11) is 1.41. The standard InChI is InChI=1S/C6H5N3O2S/c1-9-5(10)2-3(6(9)11)8-12-4(2)7/h7H2,1H3. The summed E-state index contributed by atoms with van der Waals surface area (Å²) < 4.78 is 3.78. The summed E-state index contributed by atoms with van der Waals surface area (Å²) in [5.41, 5.74) is 5.91. The van der Waals surface area contributed by atoms with Crippen LogP contribution in [0, 0.1) is 0 Å². The summed E-state index contributed by atoms with van der Waals surface area (Å²) in [6, 6.07) is 0. The Hall–Kier alpha value is -1.43. The molecular formula is C6H5N3O2S. The fourth-order valence-corrected chi connectivity index (χ4v) is 1.71. The van der Waals surface area contributed by atoms with Crippen LogP contribution in [0.5, 0.6) is 0 Å². The van der Waals surface area contributed by atoms with E-state index in [1.165, 1.54) is 7.05 Å². The molecule has 1 aromatic rings. The average Bonchev–Trinajstić information content (AvgIpc) is 2.51. The van der Waals surface area contributed by atoms with Crippen molar-refractivity contribution < 1.29 is 9.59 Å². The van der Waals surface area contributed by atoms with Crippen LogP contribution in [0.15, 0.2) is 0 Å².